The number of thiophene rings is 1. The van der Waals surface area contributed by atoms with Crippen molar-refractivity contribution in [2.75, 3.05) is 13.1 Å². The van der Waals surface area contributed by atoms with Crippen molar-refractivity contribution in [3.8, 4) is 0 Å². The molecule has 20 heavy (non-hydrogen) atoms. The average Bonchev–Trinajstić information content (AvgIpc) is 3.18. The van der Waals surface area contributed by atoms with Gasteiger partial charge in [0.2, 0.25) is 0 Å². The number of piperidine rings is 1. The third kappa shape index (κ3) is 2.66. The number of rotatable bonds is 3. The van der Waals surface area contributed by atoms with Crippen LogP contribution >= 0.6 is 22.7 Å². The van der Waals surface area contributed by atoms with E-state index in [0.29, 0.717) is 18.1 Å². The molecule has 3 heterocycles. The first-order valence-corrected chi connectivity index (χ1v) is 8.28. The van der Waals surface area contributed by atoms with Crippen molar-refractivity contribution in [1.29, 1.82) is 0 Å². The van der Waals surface area contributed by atoms with Gasteiger partial charge in [0.25, 0.3) is 5.91 Å². The zero-order valence-corrected chi connectivity index (χ0v) is 12.5. The van der Waals surface area contributed by atoms with Gasteiger partial charge in [0, 0.05) is 30.6 Å². The third-order valence-electron chi connectivity index (χ3n) is 3.53. The van der Waals surface area contributed by atoms with Crippen LogP contribution in [0.2, 0.25) is 0 Å². The van der Waals surface area contributed by atoms with Gasteiger partial charge in [-0.15, -0.1) is 22.7 Å². The lowest BCUT2D eigenvalue weighted by Gasteiger charge is -2.30. The molecular formula is C14H14N2O2S2. The fourth-order valence-electron chi connectivity index (χ4n) is 2.42. The maximum Gasteiger partial charge on any atom is 0.263 e. The normalized spacial score (nSPS) is 16.3. The summed E-state index contributed by atoms with van der Waals surface area (Å²) in [7, 11) is 0. The molecule has 0 spiro atoms. The Morgan fingerprint density at radius 3 is 2.60 bits per heavy atom. The average molecular weight is 306 g/mol. The molecule has 0 atom stereocenters. The summed E-state index contributed by atoms with van der Waals surface area (Å²) in [5.74, 6) is 0.219. The Hall–Kier alpha value is -1.53. The predicted octanol–water partition coefficient (Wildman–Crippen LogP) is 2.94. The van der Waals surface area contributed by atoms with Crippen LogP contribution in [0.4, 0.5) is 0 Å². The largest absolute Gasteiger partial charge is 0.338 e. The van der Waals surface area contributed by atoms with Gasteiger partial charge in [-0.3, -0.25) is 9.59 Å². The second kappa shape index (κ2) is 5.85. The molecule has 0 aromatic carbocycles. The maximum absolute atomic E-state index is 12.2. The Morgan fingerprint density at radius 1 is 1.20 bits per heavy atom. The minimum absolute atomic E-state index is 0.00790. The lowest BCUT2D eigenvalue weighted by Crippen LogP contribution is -2.40. The van der Waals surface area contributed by atoms with Gasteiger partial charge in [-0.25, -0.2) is 4.98 Å². The van der Waals surface area contributed by atoms with Crippen molar-refractivity contribution in [2.45, 2.75) is 12.8 Å². The number of amides is 1. The number of aromatic nitrogens is 1. The Balaban J connectivity index is 1.60. The van der Waals surface area contributed by atoms with E-state index in [2.05, 4.69) is 4.98 Å². The van der Waals surface area contributed by atoms with E-state index >= 15 is 0 Å². The van der Waals surface area contributed by atoms with Gasteiger partial charge in [-0.05, 0) is 24.3 Å². The molecule has 104 valence electrons. The first-order chi connectivity index (χ1) is 9.75. The van der Waals surface area contributed by atoms with E-state index in [1.54, 1.807) is 6.20 Å². The summed E-state index contributed by atoms with van der Waals surface area (Å²) < 4.78 is 0. The summed E-state index contributed by atoms with van der Waals surface area (Å²) in [5, 5.41) is 4.32. The van der Waals surface area contributed by atoms with Crippen molar-refractivity contribution >= 4 is 34.4 Å². The molecule has 0 N–H and O–H groups in total. The van der Waals surface area contributed by atoms with Crippen LogP contribution in [0.1, 0.15) is 32.3 Å². The number of ketones is 1. The highest BCUT2D eigenvalue weighted by atomic mass is 32.1. The van der Waals surface area contributed by atoms with E-state index in [0.717, 1.165) is 17.7 Å². The van der Waals surface area contributed by atoms with Crippen LogP contribution in [0.15, 0.2) is 29.1 Å². The minimum atomic E-state index is 0.00790. The Labute approximate surface area is 125 Å². The molecule has 2 aromatic heterocycles. The SMILES string of the molecule is O=C(c1nccs1)C1CCN(C(=O)c2cccs2)CC1. The fraction of sp³-hybridized carbons (Fsp3) is 0.357. The lowest BCUT2D eigenvalue weighted by atomic mass is 9.92. The number of hydrogen-bond donors (Lipinski definition) is 0. The molecule has 1 amide bonds. The van der Waals surface area contributed by atoms with Crippen LogP contribution in [0, 0.1) is 5.92 Å². The summed E-state index contributed by atoms with van der Waals surface area (Å²) in [6.45, 7) is 1.30. The van der Waals surface area contributed by atoms with Gasteiger partial charge in [0.05, 0.1) is 4.88 Å². The second-order valence-corrected chi connectivity index (χ2v) is 6.59. The predicted molar refractivity (Wildman–Crippen MR) is 79.4 cm³/mol. The van der Waals surface area contributed by atoms with Crippen LogP contribution in [-0.4, -0.2) is 34.7 Å². The summed E-state index contributed by atoms with van der Waals surface area (Å²) >= 11 is 2.85. The summed E-state index contributed by atoms with van der Waals surface area (Å²) in [4.78, 5) is 31.1. The maximum atomic E-state index is 12.2. The van der Waals surface area contributed by atoms with Crippen LogP contribution < -0.4 is 0 Å². The van der Waals surface area contributed by atoms with Crippen molar-refractivity contribution in [3.63, 3.8) is 0 Å². The number of nitrogens with zero attached hydrogens (tertiary/aromatic N) is 2. The van der Waals surface area contributed by atoms with Crippen molar-refractivity contribution in [3.05, 3.63) is 39.0 Å². The highest BCUT2D eigenvalue weighted by Gasteiger charge is 2.29. The van der Waals surface area contributed by atoms with E-state index in [-0.39, 0.29) is 17.6 Å². The number of likely N-dealkylation sites (tertiary alicyclic amines) is 1. The first kappa shape index (κ1) is 13.5. The smallest absolute Gasteiger partial charge is 0.263 e. The topological polar surface area (TPSA) is 50.3 Å². The summed E-state index contributed by atoms with van der Waals surface area (Å²) in [6, 6.07) is 3.73. The molecule has 0 aliphatic carbocycles. The van der Waals surface area contributed by atoms with Crippen LogP contribution in [-0.2, 0) is 0 Å². The van der Waals surface area contributed by atoms with E-state index < -0.39 is 0 Å². The highest BCUT2D eigenvalue weighted by molar-refractivity contribution is 7.12. The van der Waals surface area contributed by atoms with Gasteiger partial charge < -0.3 is 4.90 Å². The van der Waals surface area contributed by atoms with Gasteiger partial charge in [-0.1, -0.05) is 6.07 Å². The van der Waals surface area contributed by atoms with Crippen LogP contribution in [0.25, 0.3) is 0 Å². The number of carbonyl (C=O) groups excluding carboxylic acids is 2. The molecule has 1 aliphatic heterocycles. The van der Waals surface area contributed by atoms with Gasteiger partial charge in [0.1, 0.15) is 0 Å². The molecule has 1 aliphatic rings. The highest BCUT2D eigenvalue weighted by Crippen LogP contribution is 2.24. The number of thiazole rings is 1. The van der Waals surface area contributed by atoms with E-state index in [1.165, 1.54) is 22.7 Å². The summed E-state index contributed by atoms with van der Waals surface area (Å²) in [5.41, 5.74) is 0. The molecule has 2 aromatic rings. The van der Waals surface area contributed by atoms with Gasteiger partial charge in [-0.2, -0.15) is 0 Å². The zero-order chi connectivity index (χ0) is 13.9. The Kier molecular flexibility index (Phi) is 3.93. The Morgan fingerprint density at radius 2 is 2.00 bits per heavy atom. The molecule has 1 saturated heterocycles. The Bertz CT molecular complexity index is 530. The second-order valence-electron chi connectivity index (χ2n) is 4.75. The lowest BCUT2D eigenvalue weighted by molar-refractivity contribution is 0.0654. The first-order valence-electron chi connectivity index (χ1n) is 6.52. The van der Waals surface area contributed by atoms with Gasteiger partial charge >= 0.3 is 0 Å². The number of carbonyl (C=O) groups is 2. The zero-order valence-electron chi connectivity index (χ0n) is 10.8. The van der Waals surface area contributed by atoms with E-state index in [1.807, 2.05) is 27.8 Å². The minimum Gasteiger partial charge on any atom is -0.338 e. The van der Waals surface area contributed by atoms with Crippen molar-refractivity contribution < 1.29 is 9.59 Å². The van der Waals surface area contributed by atoms with Crippen LogP contribution in [0.5, 0.6) is 0 Å². The molecule has 0 saturated carbocycles. The standard InChI is InChI=1S/C14H14N2O2S2/c17-12(13-15-5-9-20-13)10-3-6-16(7-4-10)14(18)11-2-1-8-19-11/h1-2,5,8-10H,3-4,6-7H2. The molecule has 3 rings (SSSR count). The van der Waals surface area contributed by atoms with Crippen LogP contribution in [0.3, 0.4) is 0 Å². The van der Waals surface area contributed by atoms with E-state index in [9.17, 15) is 9.59 Å². The molecule has 0 unspecified atom stereocenters. The molecule has 0 radical (unpaired) electrons. The third-order valence-corrected chi connectivity index (χ3v) is 5.17. The van der Waals surface area contributed by atoms with Crippen molar-refractivity contribution in [1.82, 2.24) is 9.88 Å². The summed E-state index contributed by atoms with van der Waals surface area (Å²) in [6.07, 6.45) is 3.12. The quantitative estimate of drug-likeness (QED) is 0.819. The van der Waals surface area contributed by atoms with Gasteiger partial charge in [0.15, 0.2) is 10.8 Å². The monoisotopic (exact) mass is 306 g/mol. The number of hydrogen-bond acceptors (Lipinski definition) is 5. The van der Waals surface area contributed by atoms with Crippen molar-refractivity contribution in [2.24, 2.45) is 5.92 Å². The fourth-order valence-corrected chi connectivity index (χ4v) is 3.77. The molecule has 4 nitrogen and oxygen atoms in total. The molecule has 1 fully saturated rings. The number of Topliss-reactive ketones (excluding diaryl/α,β-unsaturated/α-hetero) is 1. The molecular weight excluding hydrogens is 292 g/mol. The molecule has 0 bridgehead atoms. The molecule has 6 heteroatoms. The van der Waals surface area contributed by atoms with E-state index in [4.69, 9.17) is 0 Å².